The van der Waals surface area contributed by atoms with Crippen LogP contribution in [0, 0.1) is 23.5 Å². The van der Waals surface area contributed by atoms with Crippen LogP contribution in [0.15, 0.2) is 18.2 Å². The highest BCUT2D eigenvalue weighted by atomic mass is 19.2. The van der Waals surface area contributed by atoms with E-state index in [0.29, 0.717) is 12.3 Å². The largest absolute Gasteiger partial charge is 0.394 e. The molecule has 0 saturated heterocycles. The number of aliphatic hydroxyl groups is 1. The number of carbonyl (C=O) groups excluding carboxylic acids is 1. The van der Waals surface area contributed by atoms with E-state index in [1.54, 1.807) is 0 Å². The molecular formula is C16H19F2NO2. The van der Waals surface area contributed by atoms with Gasteiger partial charge in [0.2, 0.25) is 5.91 Å². The Morgan fingerprint density at radius 2 is 2.14 bits per heavy atom. The minimum atomic E-state index is -0.878. The monoisotopic (exact) mass is 295 g/mol. The Morgan fingerprint density at radius 3 is 2.76 bits per heavy atom. The second-order valence-electron chi connectivity index (χ2n) is 6.43. The number of nitrogens with one attached hydrogen (secondary N) is 1. The van der Waals surface area contributed by atoms with Crippen molar-refractivity contribution in [2.45, 2.75) is 37.6 Å². The molecule has 0 bridgehead atoms. The fraction of sp³-hybridized carbons (Fsp3) is 0.562. The van der Waals surface area contributed by atoms with Crippen molar-refractivity contribution < 1.29 is 18.7 Å². The van der Waals surface area contributed by atoms with E-state index in [2.05, 4.69) is 5.32 Å². The maximum atomic E-state index is 13.7. The molecule has 1 amide bonds. The summed E-state index contributed by atoms with van der Waals surface area (Å²) in [6.45, 7) is 1.73. The summed E-state index contributed by atoms with van der Waals surface area (Å²) < 4.78 is 27.0. The molecule has 3 rings (SSSR count). The number of benzene rings is 1. The average Bonchev–Trinajstić information content (AvgIpc) is 3.33. The van der Waals surface area contributed by atoms with Gasteiger partial charge in [-0.1, -0.05) is 12.1 Å². The number of aliphatic hydroxyl groups excluding tert-OH is 1. The molecule has 3 atom stereocenters. The zero-order valence-corrected chi connectivity index (χ0v) is 11.9. The van der Waals surface area contributed by atoms with Crippen molar-refractivity contribution in [3.63, 3.8) is 0 Å². The summed E-state index contributed by atoms with van der Waals surface area (Å²) in [5.74, 6) is -2.18. The van der Waals surface area contributed by atoms with Gasteiger partial charge in [0.15, 0.2) is 11.6 Å². The van der Waals surface area contributed by atoms with Crippen LogP contribution < -0.4 is 5.32 Å². The van der Waals surface area contributed by atoms with Crippen LogP contribution in [0.4, 0.5) is 8.78 Å². The zero-order chi connectivity index (χ0) is 15.2. The highest BCUT2D eigenvalue weighted by Gasteiger charge is 2.49. The lowest BCUT2D eigenvalue weighted by Gasteiger charge is -2.29. The molecule has 1 aromatic carbocycles. The van der Waals surface area contributed by atoms with Crippen molar-refractivity contribution >= 4 is 5.91 Å². The minimum absolute atomic E-state index is 0.102. The first kappa shape index (κ1) is 14.4. The Bertz CT molecular complexity index is 573. The number of hydrogen-bond acceptors (Lipinski definition) is 2. The first-order valence-corrected chi connectivity index (χ1v) is 7.33. The molecule has 0 spiro atoms. The van der Waals surface area contributed by atoms with E-state index in [9.17, 15) is 18.7 Å². The first-order chi connectivity index (χ1) is 9.96. The van der Waals surface area contributed by atoms with Crippen LogP contribution in [0.1, 0.15) is 37.7 Å². The molecule has 2 aliphatic rings. The maximum Gasteiger partial charge on any atom is 0.224 e. The van der Waals surface area contributed by atoms with E-state index in [4.69, 9.17) is 0 Å². The fourth-order valence-electron chi connectivity index (χ4n) is 3.00. The Balaban J connectivity index is 1.67. The topological polar surface area (TPSA) is 49.3 Å². The molecule has 2 saturated carbocycles. The van der Waals surface area contributed by atoms with Gasteiger partial charge in [0.05, 0.1) is 12.1 Å². The molecule has 1 aromatic rings. The molecule has 0 aromatic heterocycles. The number of hydrogen-bond donors (Lipinski definition) is 2. The van der Waals surface area contributed by atoms with Crippen molar-refractivity contribution in [3.8, 4) is 0 Å². The van der Waals surface area contributed by atoms with Crippen molar-refractivity contribution in [3.05, 3.63) is 35.4 Å². The van der Waals surface area contributed by atoms with Gasteiger partial charge in [-0.3, -0.25) is 4.79 Å². The summed E-state index contributed by atoms with van der Waals surface area (Å²) in [5, 5.41) is 12.4. The van der Waals surface area contributed by atoms with Crippen LogP contribution in [0.3, 0.4) is 0 Å². The molecule has 5 heteroatoms. The molecule has 3 unspecified atom stereocenters. The van der Waals surface area contributed by atoms with Crippen LogP contribution >= 0.6 is 0 Å². The number of amides is 1. The Kier molecular flexibility index (Phi) is 3.48. The second kappa shape index (κ2) is 5.05. The van der Waals surface area contributed by atoms with Gasteiger partial charge in [0.25, 0.3) is 0 Å². The number of halogens is 2. The molecule has 2 aliphatic carbocycles. The minimum Gasteiger partial charge on any atom is -0.394 e. The van der Waals surface area contributed by atoms with Gasteiger partial charge >= 0.3 is 0 Å². The normalized spacial score (nSPS) is 27.0. The van der Waals surface area contributed by atoms with Crippen molar-refractivity contribution in [2.75, 3.05) is 6.61 Å². The van der Waals surface area contributed by atoms with Gasteiger partial charge in [-0.25, -0.2) is 8.78 Å². The zero-order valence-electron chi connectivity index (χ0n) is 11.9. The average molecular weight is 295 g/mol. The molecule has 0 radical (unpaired) electrons. The Morgan fingerprint density at radius 1 is 1.43 bits per heavy atom. The summed E-state index contributed by atoms with van der Waals surface area (Å²) in [6, 6.07) is 4.07. The molecule has 3 nitrogen and oxygen atoms in total. The van der Waals surface area contributed by atoms with Crippen molar-refractivity contribution in [2.24, 2.45) is 11.8 Å². The van der Waals surface area contributed by atoms with E-state index >= 15 is 0 Å². The summed E-state index contributed by atoms with van der Waals surface area (Å²) in [7, 11) is 0. The highest BCUT2D eigenvalue weighted by Crippen LogP contribution is 2.49. The summed E-state index contributed by atoms with van der Waals surface area (Å²) in [5.41, 5.74) is -0.322. The van der Waals surface area contributed by atoms with Crippen LogP contribution in [0.2, 0.25) is 0 Å². The van der Waals surface area contributed by atoms with E-state index in [-0.39, 0.29) is 29.9 Å². The number of carbonyl (C=O) groups is 1. The summed E-state index contributed by atoms with van der Waals surface area (Å²) >= 11 is 0. The molecule has 2 N–H and O–H groups in total. The van der Waals surface area contributed by atoms with Crippen LogP contribution in [-0.2, 0) is 4.79 Å². The van der Waals surface area contributed by atoms with Gasteiger partial charge < -0.3 is 10.4 Å². The van der Waals surface area contributed by atoms with Crippen LogP contribution in [-0.4, -0.2) is 23.2 Å². The third-order valence-electron chi connectivity index (χ3n) is 4.72. The fourth-order valence-corrected chi connectivity index (χ4v) is 3.00. The Labute approximate surface area is 122 Å². The van der Waals surface area contributed by atoms with Crippen molar-refractivity contribution in [1.82, 2.24) is 5.32 Å². The van der Waals surface area contributed by atoms with Gasteiger partial charge in [0, 0.05) is 5.92 Å². The molecule has 0 heterocycles. The summed E-state index contributed by atoms with van der Waals surface area (Å²) in [6.07, 6.45) is 2.53. The molecule has 0 aliphatic heterocycles. The molecule has 2 fully saturated rings. The van der Waals surface area contributed by atoms with Crippen LogP contribution in [0.25, 0.3) is 0 Å². The lowest BCUT2D eigenvalue weighted by atomic mass is 9.96. The smallest absolute Gasteiger partial charge is 0.224 e. The Hall–Kier alpha value is -1.49. The van der Waals surface area contributed by atoms with Crippen molar-refractivity contribution in [1.29, 1.82) is 0 Å². The van der Waals surface area contributed by atoms with E-state index in [1.165, 1.54) is 12.1 Å². The van der Waals surface area contributed by atoms with E-state index in [1.807, 2.05) is 6.92 Å². The van der Waals surface area contributed by atoms with E-state index in [0.717, 1.165) is 18.9 Å². The van der Waals surface area contributed by atoms with Gasteiger partial charge in [-0.15, -0.1) is 0 Å². The van der Waals surface area contributed by atoms with Crippen LogP contribution in [0.5, 0.6) is 0 Å². The van der Waals surface area contributed by atoms with Gasteiger partial charge in [0.1, 0.15) is 0 Å². The lowest BCUT2D eigenvalue weighted by Crippen LogP contribution is -2.51. The van der Waals surface area contributed by atoms with Gasteiger partial charge in [-0.2, -0.15) is 0 Å². The second-order valence-corrected chi connectivity index (χ2v) is 6.43. The maximum absolute atomic E-state index is 13.7. The predicted octanol–water partition coefficient (Wildman–Crippen LogP) is 2.35. The number of rotatable bonds is 5. The van der Waals surface area contributed by atoms with Gasteiger partial charge in [-0.05, 0) is 49.7 Å². The third-order valence-corrected chi connectivity index (χ3v) is 4.72. The van der Waals surface area contributed by atoms with E-state index < -0.39 is 17.2 Å². The lowest BCUT2D eigenvalue weighted by molar-refractivity contribution is -0.125. The molecular weight excluding hydrogens is 276 g/mol. The highest BCUT2D eigenvalue weighted by molar-refractivity contribution is 5.83. The molecule has 21 heavy (non-hydrogen) atoms. The SMILES string of the molecule is CC(CO)(NC(=O)C1CC1c1cccc(F)c1F)C1CC1. The third kappa shape index (κ3) is 2.67. The predicted molar refractivity (Wildman–Crippen MR) is 73.6 cm³/mol. The summed E-state index contributed by atoms with van der Waals surface area (Å²) in [4.78, 5) is 12.3. The molecule has 114 valence electrons. The standard InChI is InChI=1S/C16H19F2NO2/c1-16(8-20,9-5-6-9)19-15(21)12-7-11(12)10-3-2-4-13(17)14(10)18/h2-4,9,11-12,20H,5-8H2,1H3,(H,19,21). The first-order valence-electron chi connectivity index (χ1n) is 7.33. The quantitative estimate of drug-likeness (QED) is 0.876.